The minimum atomic E-state index is -0.583. The molecular formula is C29H27IN2O5. The smallest absolute Gasteiger partial charge is 0.409 e. The molecule has 0 N–H and O–H groups in total. The Hall–Kier alpha value is -2.95. The van der Waals surface area contributed by atoms with Crippen molar-refractivity contribution in [3.63, 3.8) is 0 Å². The second kappa shape index (κ2) is 10.1. The summed E-state index contributed by atoms with van der Waals surface area (Å²) in [6, 6.07) is 24.1. The normalized spacial score (nSPS) is 22.4. The highest BCUT2D eigenvalue weighted by molar-refractivity contribution is 14.1. The Morgan fingerprint density at radius 1 is 0.946 bits per heavy atom. The van der Waals surface area contributed by atoms with Gasteiger partial charge < -0.3 is 14.4 Å². The number of carbonyl (C=O) groups excluding carboxylic acids is 2. The maximum atomic E-state index is 13.1. The third kappa shape index (κ3) is 4.51. The van der Waals surface area contributed by atoms with E-state index in [9.17, 15) is 9.59 Å². The van der Waals surface area contributed by atoms with Crippen molar-refractivity contribution < 1.29 is 23.9 Å². The maximum absolute atomic E-state index is 13.1. The molecule has 1 amide bonds. The summed E-state index contributed by atoms with van der Waals surface area (Å²) < 4.78 is 12.1. The van der Waals surface area contributed by atoms with Crippen LogP contribution in [0.25, 0.3) is 11.1 Å². The molecule has 3 aliphatic rings. The molecule has 1 aliphatic carbocycles. The molecule has 2 saturated heterocycles. The van der Waals surface area contributed by atoms with Crippen molar-refractivity contribution >= 4 is 34.7 Å². The lowest BCUT2D eigenvalue weighted by molar-refractivity contribution is -0.186. The molecule has 2 aliphatic heterocycles. The number of carbonyl (C=O) groups is 2. The molecule has 3 aromatic rings. The van der Waals surface area contributed by atoms with Gasteiger partial charge in [-0.1, -0.05) is 60.7 Å². The van der Waals surface area contributed by atoms with Gasteiger partial charge in [0.15, 0.2) is 0 Å². The number of halogens is 1. The molecule has 6 rings (SSSR count). The van der Waals surface area contributed by atoms with E-state index >= 15 is 0 Å². The van der Waals surface area contributed by atoms with Crippen molar-refractivity contribution in [2.45, 2.75) is 24.6 Å². The van der Waals surface area contributed by atoms with Crippen LogP contribution in [0.1, 0.15) is 22.6 Å². The lowest BCUT2D eigenvalue weighted by Crippen LogP contribution is -2.43. The molecule has 0 radical (unpaired) electrons. The van der Waals surface area contributed by atoms with Gasteiger partial charge in [0.05, 0.1) is 20.2 Å². The highest BCUT2D eigenvalue weighted by atomic mass is 127. The number of likely N-dealkylation sites (tertiary alicyclic amines) is 1. The minimum Gasteiger partial charge on any atom is -0.468 e. The first-order chi connectivity index (χ1) is 18.0. The van der Waals surface area contributed by atoms with Crippen LogP contribution < -0.4 is 0 Å². The van der Waals surface area contributed by atoms with E-state index in [2.05, 4.69) is 46.9 Å². The Balaban J connectivity index is 1.13. The van der Waals surface area contributed by atoms with Crippen LogP contribution in [-0.4, -0.2) is 61.0 Å². The topological polar surface area (TPSA) is 68.3 Å². The Bertz CT molecular complexity index is 1280. The van der Waals surface area contributed by atoms with E-state index in [1.165, 1.54) is 29.4 Å². The van der Waals surface area contributed by atoms with Gasteiger partial charge in [0.1, 0.15) is 18.8 Å². The average Bonchev–Trinajstić information content (AvgIpc) is 3.57. The van der Waals surface area contributed by atoms with Crippen molar-refractivity contribution in [3.05, 3.63) is 93.1 Å². The molecule has 0 saturated carbocycles. The van der Waals surface area contributed by atoms with E-state index in [1.54, 1.807) is 9.96 Å². The molecule has 2 fully saturated rings. The molecule has 37 heavy (non-hydrogen) atoms. The Morgan fingerprint density at radius 3 is 2.24 bits per heavy atom. The summed E-state index contributed by atoms with van der Waals surface area (Å²) in [6.07, 6.45) is -0.666. The van der Waals surface area contributed by atoms with E-state index in [0.29, 0.717) is 19.6 Å². The number of methoxy groups -OCH3 is 1. The summed E-state index contributed by atoms with van der Waals surface area (Å²) in [6.45, 7) is 1.48. The lowest BCUT2D eigenvalue weighted by Gasteiger charge is -2.26. The number of amides is 1. The van der Waals surface area contributed by atoms with Gasteiger partial charge in [0, 0.05) is 22.0 Å². The molecule has 2 unspecified atom stereocenters. The Morgan fingerprint density at radius 2 is 1.59 bits per heavy atom. The second-order valence-electron chi connectivity index (χ2n) is 9.69. The van der Waals surface area contributed by atoms with E-state index in [4.69, 9.17) is 14.3 Å². The van der Waals surface area contributed by atoms with Crippen LogP contribution in [-0.2, 0) is 25.7 Å². The van der Waals surface area contributed by atoms with Crippen molar-refractivity contribution in [1.82, 2.24) is 9.96 Å². The van der Waals surface area contributed by atoms with Gasteiger partial charge in [-0.05, 0) is 62.5 Å². The molecule has 0 aromatic heterocycles. The first-order valence-electron chi connectivity index (χ1n) is 12.4. The van der Waals surface area contributed by atoms with Crippen molar-refractivity contribution in [2.24, 2.45) is 5.92 Å². The monoisotopic (exact) mass is 610 g/mol. The molecule has 7 nitrogen and oxygen atoms in total. The Kier molecular flexibility index (Phi) is 6.64. The van der Waals surface area contributed by atoms with Crippen LogP contribution in [0.5, 0.6) is 0 Å². The van der Waals surface area contributed by atoms with Gasteiger partial charge in [0.2, 0.25) is 0 Å². The van der Waals surface area contributed by atoms with Gasteiger partial charge in [-0.2, -0.15) is 5.06 Å². The van der Waals surface area contributed by atoms with E-state index < -0.39 is 6.04 Å². The number of benzene rings is 3. The highest BCUT2D eigenvalue weighted by Gasteiger charge is 2.53. The van der Waals surface area contributed by atoms with Crippen LogP contribution in [0, 0.1) is 9.49 Å². The summed E-state index contributed by atoms with van der Waals surface area (Å²) in [5.41, 5.74) is 5.78. The predicted molar refractivity (Wildman–Crippen MR) is 146 cm³/mol. The number of hydrogen-bond acceptors (Lipinski definition) is 6. The quantitative estimate of drug-likeness (QED) is 0.305. The van der Waals surface area contributed by atoms with Crippen LogP contribution in [0.15, 0.2) is 72.8 Å². The van der Waals surface area contributed by atoms with Gasteiger partial charge in [-0.3, -0.25) is 9.63 Å². The summed E-state index contributed by atoms with van der Waals surface area (Å²) >= 11 is 2.26. The first kappa shape index (κ1) is 24.4. The fourth-order valence-electron chi connectivity index (χ4n) is 5.82. The third-order valence-corrected chi connectivity index (χ3v) is 8.30. The minimum absolute atomic E-state index is 0.00180. The summed E-state index contributed by atoms with van der Waals surface area (Å²) in [7, 11) is 1.39. The second-order valence-corrected chi connectivity index (χ2v) is 10.9. The van der Waals surface area contributed by atoms with Gasteiger partial charge in [0.25, 0.3) is 0 Å². The largest absolute Gasteiger partial charge is 0.468 e. The van der Waals surface area contributed by atoms with Crippen molar-refractivity contribution in [1.29, 1.82) is 0 Å². The zero-order valence-corrected chi connectivity index (χ0v) is 22.5. The molecule has 190 valence electrons. The molecule has 0 bridgehead atoms. The number of rotatable bonds is 5. The third-order valence-electron chi connectivity index (χ3n) is 7.58. The zero-order valence-electron chi connectivity index (χ0n) is 20.4. The van der Waals surface area contributed by atoms with Crippen molar-refractivity contribution in [3.8, 4) is 11.1 Å². The molecule has 2 heterocycles. The van der Waals surface area contributed by atoms with Crippen LogP contribution >= 0.6 is 22.6 Å². The van der Waals surface area contributed by atoms with Gasteiger partial charge in [-0.15, -0.1) is 0 Å². The van der Waals surface area contributed by atoms with Gasteiger partial charge in [-0.25, -0.2) is 4.79 Å². The molecule has 8 heteroatoms. The van der Waals surface area contributed by atoms with E-state index in [0.717, 1.165) is 9.13 Å². The summed E-state index contributed by atoms with van der Waals surface area (Å²) in [5.74, 6) is -0.536. The van der Waals surface area contributed by atoms with Crippen LogP contribution in [0.3, 0.4) is 0 Å². The zero-order chi connectivity index (χ0) is 25.5. The van der Waals surface area contributed by atoms with Crippen molar-refractivity contribution in [2.75, 3.05) is 26.8 Å². The van der Waals surface area contributed by atoms with E-state index in [-0.39, 0.29) is 36.6 Å². The predicted octanol–water partition coefficient (Wildman–Crippen LogP) is 4.83. The highest BCUT2D eigenvalue weighted by Crippen LogP contribution is 2.44. The number of nitrogens with zero attached hydrogens (tertiary/aromatic N) is 2. The number of ether oxygens (including phenoxy) is 2. The molecular weight excluding hydrogens is 583 g/mol. The van der Waals surface area contributed by atoms with Crippen LogP contribution in [0.2, 0.25) is 0 Å². The average molecular weight is 610 g/mol. The molecule has 0 spiro atoms. The maximum Gasteiger partial charge on any atom is 0.409 e. The number of hydrogen-bond donors (Lipinski definition) is 0. The summed E-state index contributed by atoms with van der Waals surface area (Å²) in [4.78, 5) is 33.7. The van der Waals surface area contributed by atoms with Gasteiger partial charge >= 0.3 is 12.1 Å². The van der Waals surface area contributed by atoms with Crippen LogP contribution in [0.4, 0.5) is 4.79 Å². The standard InChI is InChI=1S/C29H27IN2O5/c1-35-28(33)27-24-15-31(16-26(24)37-32(27)14-18-10-12-19(30)13-11-18)29(34)36-17-25-22-8-4-2-6-20(22)21-7-3-5-9-23(21)25/h2-13,24-27H,14-17H2,1H3/t24-,26?,27?/m1/s1. The number of hydroxylamine groups is 2. The summed E-state index contributed by atoms with van der Waals surface area (Å²) in [5, 5.41) is 1.71. The molecule has 3 aromatic carbocycles. The fourth-order valence-corrected chi connectivity index (χ4v) is 6.18. The SMILES string of the molecule is COC(=O)C1[C@@H]2CN(C(=O)OCC3c4ccccc4-c4ccccc43)CC2ON1Cc1ccc(I)cc1. The number of esters is 1. The first-order valence-corrected chi connectivity index (χ1v) is 13.5. The number of fused-ring (bicyclic) bond motifs is 4. The molecule has 3 atom stereocenters. The lowest BCUT2D eigenvalue weighted by atomic mass is 9.97. The fraction of sp³-hybridized carbons (Fsp3) is 0.310. The Labute approximate surface area is 229 Å². The van der Waals surface area contributed by atoms with E-state index in [1.807, 2.05) is 48.5 Å².